The number of fused-ring (bicyclic) bond motifs is 1. The summed E-state index contributed by atoms with van der Waals surface area (Å²) in [5.74, 6) is 1.63. The molecular formula is C24H23N4O2+. The monoisotopic (exact) mass is 399 g/mol. The summed E-state index contributed by atoms with van der Waals surface area (Å²) in [6.45, 7) is 2.15. The molecule has 0 bridgehead atoms. The maximum absolute atomic E-state index is 6.07. The van der Waals surface area contributed by atoms with Crippen LogP contribution in [-0.4, -0.2) is 34.0 Å². The lowest BCUT2D eigenvalue weighted by Crippen LogP contribution is -2.85. The number of ether oxygens (including phenoxy) is 2. The smallest absolute Gasteiger partial charge is 0.181 e. The summed E-state index contributed by atoms with van der Waals surface area (Å²) in [5, 5.41) is 7.09. The van der Waals surface area contributed by atoms with E-state index < -0.39 is 0 Å². The number of hydrogen-bond donors (Lipinski definition) is 1. The molecule has 0 unspecified atom stereocenters. The van der Waals surface area contributed by atoms with Crippen molar-refractivity contribution < 1.29 is 14.8 Å². The molecule has 3 heterocycles. The molecule has 2 N–H and O–H groups in total. The van der Waals surface area contributed by atoms with Gasteiger partial charge >= 0.3 is 0 Å². The molecule has 1 atom stereocenters. The van der Waals surface area contributed by atoms with E-state index in [1.54, 1.807) is 6.20 Å². The topological polar surface area (TPSA) is 65.8 Å². The van der Waals surface area contributed by atoms with Crippen LogP contribution in [0.3, 0.4) is 0 Å². The number of nitrogens with two attached hydrogens (primary N) is 1. The second-order valence-corrected chi connectivity index (χ2v) is 7.25. The summed E-state index contributed by atoms with van der Waals surface area (Å²) in [7, 11) is 0. The van der Waals surface area contributed by atoms with Gasteiger partial charge in [-0.3, -0.25) is 4.98 Å². The van der Waals surface area contributed by atoms with Crippen LogP contribution in [-0.2, 0) is 6.54 Å². The summed E-state index contributed by atoms with van der Waals surface area (Å²) in [4.78, 5) is 4.26. The zero-order valence-corrected chi connectivity index (χ0v) is 16.5. The molecule has 1 aliphatic rings. The van der Waals surface area contributed by atoms with Crippen LogP contribution in [0, 0.1) is 0 Å². The lowest BCUT2D eigenvalue weighted by molar-refractivity contribution is -0.676. The second-order valence-electron chi connectivity index (χ2n) is 7.25. The fourth-order valence-corrected chi connectivity index (χ4v) is 3.62. The molecule has 6 nitrogen and oxygen atoms in total. The summed E-state index contributed by atoms with van der Waals surface area (Å²) in [6, 6.07) is 21.9. The van der Waals surface area contributed by atoms with Crippen molar-refractivity contribution in [3.05, 3.63) is 90.9 Å². The van der Waals surface area contributed by atoms with Crippen molar-refractivity contribution in [1.82, 2.24) is 14.8 Å². The quantitative estimate of drug-likeness (QED) is 0.542. The summed E-state index contributed by atoms with van der Waals surface area (Å²) in [6.07, 6.45) is 5.76. The van der Waals surface area contributed by atoms with E-state index in [0.717, 1.165) is 47.1 Å². The molecule has 30 heavy (non-hydrogen) atoms. The Morgan fingerprint density at radius 1 is 0.967 bits per heavy atom. The van der Waals surface area contributed by atoms with E-state index in [-0.39, 0.29) is 6.10 Å². The van der Waals surface area contributed by atoms with Gasteiger partial charge in [-0.05, 0) is 36.4 Å². The van der Waals surface area contributed by atoms with Crippen LogP contribution < -0.4 is 14.8 Å². The zero-order valence-electron chi connectivity index (χ0n) is 16.5. The predicted octanol–water partition coefficient (Wildman–Crippen LogP) is 2.84. The van der Waals surface area contributed by atoms with Crippen molar-refractivity contribution in [3.63, 3.8) is 0 Å². The number of benzene rings is 2. The van der Waals surface area contributed by atoms with E-state index in [4.69, 9.17) is 14.6 Å². The SMILES string of the molecule is c1ccc(-n2cc(C[NH2+]C[C@H]3COc4ccccc4O3)c(-c3cccnc3)n2)cc1. The van der Waals surface area contributed by atoms with Gasteiger partial charge in [0.2, 0.25) is 0 Å². The fourth-order valence-electron chi connectivity index (χ4n) is 3.62. The van der Waals surface area contributed by atoms with Crippen LogP contribution in [0.25, 0.3) is 16.9 Å². The molecule has 2 aromatic heterocycles. The lowest BCUT2D eigenvalue weighted by Gasteiger charge is -2.25. The molecule has 0 saturated heterocycles. The normalized spacial score (nSPS) is 15.1. The molecule has 5 rings (SSSR count). The first kappa shape index (κ1) is 18.4. The van der Waals surface area contributed by atoms with Gasteiger partial charge < -0.3 is 14.8 Å². The number of quaternary nitrogens is 1. The fraction of sp³-hybridized carbons (Fsp3) is 0.167. The Bertz CT molecular complexity index is 1110. The number of nitrogens with zero attached hydrogens (tertiary/aromatic N) is 3. The Morgan fingerprint density at radius 2 is 1.80 bits per heavy atom. The van der Waals surface area contributed by atoms with Crippen LogP contribution in [0.2, 0.25) is 0 Å². The van der Waals surface area contributed by atoms with E-state index in [1.165, 1.54) is 0 Å². The van der Waals surface area contributed by atoms with Gasteiger partial charge in [-0.25, -0.2) is 4.68 Å². The summed E-state index contributed by atoms with van der Waals surface area (Å²) < 4.78 is 13.8. The first-order chi connectivity index (χ1) is 14.9. The molecule has 6 heteroatoms. The third kappa shape index (κ3) is 3.90. The van der Waals surface area contributed by atoms with Crippen molar-refractivity contribution in [3.8, 4) is 28.4 Å². The maximum Gasteiger partial charge on any atom is 0.181 e. The van der Waals surface area contributed by atoms with E-state index in [2.05, 4.69) is 28.6 Å². The average molecular weight is 399 g/mol. The minimum absolute atomic E-state index is 0.0194. The van der Waals surface area contributed by atoms with E-state index in [0.29, 0.717) is 6.61 Å². The minimum atomic E-state index is 0.0194. The van der Waals surface area contributed by atoms with Gasteiger partial charge in [0.15, 0.2) is 17.6 Å². The van der Waals surface area contributed by atoms with E-state index in [1.807, 2.05) is 65.5 Å². The predicted molar refractivity (Wildman–Crippen MR) is 114 cm³/mol. The van der Waals surface area contributed by atoms with Crippen LogP contribution in [0.1, 0.15) is 5.56 Å². The van der Waals surface area contributed by atoms with Crippen molar-refractivity contribution in [2.45, 2.75) is 12.6 Å². The molecule has 4 aromatic rings. The molecule has 0 aliphatic carbocycles. The second kappa shape index (κ2) is 8.39. The molecule has 0 spiro atoms. The Morgan fingerprint density at radius 3 is 2.63 bits per heavy atom. The molecular weight excluding hydrogens is 376 g/mol. The van der Waals surface area contributed by atoms with Crippen molar-refractivity contribution >= 4 is 0 Å². The highest BCUT2D eigenvalue weighted by molar-refractivity contribution is 5.62. The highest BCUT2D eigenvalue weighted by atomic mass is 16.6. The molecule has 150 valence electrons. The molecule has 0 radical (unpaired) electrons. The highest BCUT2D eigenvalue weighted by Gasteiger charge is 2.22. The number of hydrogen-bond acceptors (Lipinski definition) is 4. The number of pyridine rings is 1. The first-order valence-corrected chi connectivity index (χ1v) is 10.1. The van der Waals surface area contributed by atoms with Gasteiger partial charge in [-0.2, -0.15) is 5.10 Å². The summed E-state index contributed by atoms with van der Waals surface area (Å²) >= 11 is 0. The first-order valence-electron chi connectivity index (χ1n) is 10.1. The average Bonchev–Trinajstić information content (AvgIpc) is 3.24. The molecule has 0 amide bonds. The summed E-state index contributed by atoms with van der Waals surface area (Å²) in [5.41, 5.74) is 4.16. The molecule has 1 aliphatic heterocycles. The van der Waals surface area contributed by atoms with Gasteiger partial charge in [0.25, 0.3) is 0 Å². The minimum Gasteiger partial charge on any atom is -0.486 e. The van der Waals surface area contributed by atoms with Crippen LogP contribution in [0.5, 0.6) is 11.5 Å². The zero-order chi connectivity index (χ0) is 20.2. The van der Waals surface area contributed by atoms with Gasteiger partial charge in [0.05, 0.1) is 11.3 Å². The van der Waals surface area contributed by atoms with Gasteiger partial charge in [-0.15, -0.1) is 0 Å². The van der Waals surface area contributed by atoms with Crippen molar-refractivity contribution in [1.29, 1.82) is 0 Å². The molecule has 2 aromatic carbocycles. The van der Waals surface area contributed by atoms with E-state index >= 15 is 0 Å². The van der Waals surface area contributed by atoms with E-state index in [9.17, 15) is 0 Å². The van der Waals surface area contributed by atoms with Gasteiger partial charge in [-0.1, -0.05) is 30.3 Å². The molecule has 0 saturated carbocycles. The Hall–Kier alpha value is -3.64. The molecule has 0 fully saturated rings. The number of aromatic nitrogens is 3. The van der Waals surface area contributed by atoms with Crippen LogP contribution in [0.15, 0.2) is 85.3 Å². The standard InChI is InChI=1S/C24H22N4O2/c1-2-8-20(9-3-1)28-16-19(24(27-28)18-7-6-12-25-13-18)14-26-15-21-17-29-22-10-4-5-11-23(22)30-21/h1-13,16,21,26H,14-15,17H2/p+1/t21-/m0/s1. The number of para-hydroxylation sites is 3. The third-order valence-corrected chi connectivity index (χ3v) is 5.11. The Balaban J connectivity index is 1.32. The van der Waals surface area contributed by atoms with Crippen molar-refractivity contribution in [2.24, 2.45) is 0 Å². The highest BCUT2D eigenvalue weighted by Crippen LogP contribution is 2.30. The lowest BCUT2D eigenvalue weighted by atomic mass is 10.1. The van der Waals surface area contributed by atoms with Crippen molar-refractivity contribution in [2.75, 3.05) is 13.2 Å². The van der Waals surface area contributed by atoms with Gasteiger partial charge in [0.1, 0.15) is 25.4 Å². The Kier molecular flexibility index (Phi) is 5.14. The largest absolute Gasteiger partial charge is 0.486 e. The van der Waals surface area contributed by atoms with Gasteiger partial charge in [0, 0.05) is 24.2 Å². The number of rotatable bonds is 6. The Labute approximate surface area is 175 Å². The third-order valence-electron chi connectivity index (χ3n) is 5.11. The maximum atomic E-state index is 6.07. The van der Waals surface area contributed by atoms with Crippen LogP contribution in [0.4, 0.5) is 0 Å². The van der Waals surface area contributed by atoms with Crippen LogP contribution >= 0.6 is 0 Å².